The second-order valence-electron chi connectivity index (χ2n) is 6.81. The highest BCUT2D eigenvalue weighted by molar-refractivity contribution is 5.87. The summed E-state index contributed by atoms with van der Waals surface area (Å²) in [6, 6.07) is 10.9. The number of nitrogens with zero attached hydrogens (tertiary/aromatic N) is 1. The van der Waals surface area contributed by atoms with Crippen LogP contribution in [0.2, 0.25) is 0 Å². The summed E-state index contributed by atoms with van der Waals surface area (Å²) >= 11 is 0. The van der Waals surface area contributed by atoms with Crippen molar-refractivity contribution < 1.29 is 28.7 Å². The van der Waals surface area contributed by atoms with Gasteiger partial charge in [-0.1, -0.05) is 6.07 Å². The lowest BCUT2D eigenvalue weighted by molar-refractivity contribution is -0.385. The molecule has 1 aliphatic rings. The molecule has 31 heavy (non-hydrogen) atoms. The van der Waals surface area contributed by atoms with Crippen molar-refractivity contribution in [3.05, 3.63) is 64.2 Å². The van der Waals surface area contributed by atoms with Gasteiger partial charge in [0.25, 0.3) is 5.91 Å². The molecule has 0 aromatic heterocycles. The van der Waals surface area contributed by atoms with Crippen LogP contribution in [0.5, 0.6) is 17.2 Å². The predicted molar refractivity (Wildman–Crippen MR) is 112 cm³/mol. The van der Waals surface area contributed by atoms with Gasteiger partial charge in [0, 0.05) is 18.7 Å². The van der Waals surface area contributed by atoms with Gasteiger partial charge in [-0.3, -0.25) is 14.9 Å². The van der Waals surface area contributed by atoms with Gasteiger partial charge in [-0.2, -0.15) is 0 Å². The molecule has 0 bridgehead atoms. The number of esters is 1. The Morgan fingerprint density at radius 1 is 1.16 bits per heavy atom. The van der Waals surface area contributed by atoms with Gasteiger partial charge in [-0.15, -0.1) is 0 Å². The zero-order chi connectivity index (χ0) is 22.2. The third-order valence-corrected chi connectivity index (χ3v) is 4.61. The fourth-order valence-electron chi connectivity index (χ4n) is 3.00. The maximum Gasteiger partial charge on any atom is 0.330 e. The average Bonchev–Trinajstić information content (AvgIpc) is 2.98. The summed E-state index contributed by atoms with van der Waals surface area (Å²) in [6.45, 7) is 0.654. The third kappa shape index (κ3) is 6.05. The SMILES string of the molecule is COC(=O)/C=C\c1ccc(Oc2ccc(O[C@H]3CCCCNC3=O)cc2)c([N+](=O)[O-])c1. The van der Waals surface area contributed by atoms with E-state index in [-0.39, 0.29) is 17.3 Å². The number of rotatable bonds is 7. The van der Waals surface area contributed by atoms with Gasteiger partial charge in [0.1, 0.15) is 11.5 Å². The molecule has 2 aromatic carbocycles. The number of benzene rings is 2. The smallest absolute Gasteiger partial charge is 0.330 e. The minimum Gasteiger partial charge on any atom is -0.481 e. The summed E-state index contributed by atoms with van der Waals surface area (Å²) < 4.78 is 15.9. The van der Waals surface area contributed by atoms with Crippen molar-refractivity contribution in [3.8, 4) is 17.2 Å². The Bertz CT molecular complexity index is 986. The van der Waals surface area contributed by atoms with E-state index in [1.165, 1.54) is 31.4 Å². The number of carbonyl (C=O) groups is 2. The van der Waals surface area contributed by atoms with Crippen molar-refractivity contribution in [1.82, 2.24) is 5.32 Å². The largest absolute Gasteiger partial charge is 0.481 e. The molecule has 1 amide bonds. The number of hydrogen-bond donors (Lipinski definition) is 1. The molecule has 9 nitrogen and oxygen atoms in total. The molecule has 2 aromatic rings. The highest BCUT2D eigenvalue weighted by Crippen LogP contribution is 2.33. The summed E-state index contributed by atoms with van der Waals surface area (Å²) in [5.41, 5.74) is 0.206. The molecule has 0 aliphatic carbocycles. The molecule has 1 saturated heterocycles. The first-order valence-electron chi connectivity index (χ1n) is 9.73. The Hall–Kier alpha value is -3.88. The highest BCUT2D eigenvalue weighted by Gasteiger charge is 2.22. The van der Waals surface area contributed by atoms with Crippen molar-refractivity contribution in [3.63, 3.8) is 0 Å². The predicted octanol–water partition coefficient (Wildman–Crippen LogP) is 3.62. The molecule has 162 valence electrons. The highest BCUT2D eigenvalue weighted by atomic mass is 16.6. The summed E-state index contributed by atoms with van der Waals surface area (Å²) in [7, 11) is 1.24. The minimum absolute atomic E-state index is 0.0528. The van der Waals surface area contributed by atoms with E-state index in [4.69, 9.17) is 9.47 Å². The number of nitro groups is 1. The van der Waals surface area contributed by atoms with E-state index in [2.05, 4.69) is 10.1 Å². The monoisotopic (exact) mass is 426 g/mol. The standard InChI is InChI=1S/C22H22N2O7/c1-29-21(25)12-6-15-5-11-19(18(14-15)24(27)28)30-16-7-9-17(10-8-16)31-20-4-2-3-13-23-22(20)26/h5-12,14,20H,2-4,13H2,1H3,(H,23,26)/b12-6-/t20-/m0/s1. The molecule has 0 unspecified atom stereocenters. The van der Waals surface area contributed by atoms with Crippen LogP contribution in [0.25, 0.3) is 6.08 Å². The van der Waals surface area contributed by atoms with Gasteiger partial charge in [-0.05, 0) is 61.2 Å². The normalized spacial score (nSPS) is 16.3. The lowest BCUT2D eigenvalue weighted by atomic mass is 10.1. The number of nitrogens with one attached hydrogen (secondary N) is 1. The Labute approximate surface area is 178 Å². The van der Waals surface area contributed by atoms with Crippen LogP contribution >= 0.6 is 0 Å². The topological polar surface area (TPSA) is 117 Å². The molecule has 3 rings (SSSR count). The fraction of sp³-hybridized carbons (Fsp3) is 0.273. The number of carbonyl (C=O) groups excluding carboxylic acids is 2. The quantitative estimate of drug-likeness (QED) is 0.311. The van der Waals surface area contributed by atoms with Crippen LogP contribution in [0.1, 0.15) is 24.8 Å². The lowest BCUT2D eigenvalue weighted by Crippen LogP contribution is -2.36. The maximum atomic E-state index is 12.0. The second-order valence-corrected chi connectivity index (χ2v) is 6.81. The maximum absolute atomic E-state index is 12.0. The Kier molecular flexibility index (Phi) is 7.21. The number of hydrogen-bond acceptors (Lipinski definition) is 7. The molecule has 1 N–H and O–H groups in total. The first kappa shape index (κ1) is 21.8. The molecule has 9 heteroatoms. The van der Waals surface area contributed by atoms with Crippen LogP contribution in [0.3, 0.4) is 0 Å². The molecular formula is C22H22N2O7. The molecule has 0 spiro atoms. The molecule has 0 radical (unpaired) electrons. The van der Waals surface area contributed by atoms with E-state index in [1.54, 1.807) is 30.3 Å². The zero-order valence-electron chi connectivity index (χ0n) is 16.9. The first-order chi connectivity index (χ1) is 15.0. The number of methoxy groups -OCH3 is 1. The van der Waals surface area contributed by atoms with Crippen molar-refractivity contribution in [2.45, 2.75) is 25.4 Å². The van der Waals surface area contributed by atoms with Gasteiger partial charge in [0.2, 0.25) is 5.75 Å². The number of amides is 1. The molecule has 1 fully saturated rings. The Morgan fingerprint density at radius 3 is 2.61 bits per heavy atom. The minimum atomic E-state index is -0.563. The van der Waals surface area contributed by atoms with E-state index in [1.807, 2.05) is 0 Å². The van der Waals surface area contributed by atoms with Crippen LogP contribution in [-0.2, 0) is 14.3 Å². The summed E-state index contributed by atoms with van der Waals surface area (Å²) in [5, 5.41) is 14.3. The van der Waals surface area contributed by atoms with E-state index in [0.29, 0.717) is 30.0 Å². The van der Waals surface area contributed by atoms with E-state index < -0.39 is 17.0 Å². The van der Waals surface area contributed by atoms with Crippen LogP contribution in [-0.4, -0.2) is 36.6 Å². The summed E-state index contributed by atoms with van der Waals surface area (Å²) in [4.78, 5) is 34.1. The zero-order valence-corrected chi connectivity index (χ0v) is 16.9. The van der Waals surface area contributed by atoms with Crippen LogP contribution in [0.4, 0.5) is 5.69 Å². The van der Waals surface area contributed by atoms with Gasteiger partial charge < -0.3 is 19.5 Å². The van der Waals surface area contributed by atoms with Gasteiger partial charge in [0.05, 0.1) is 12.0 Å². The van der Waals surface area contributed by atoms with Gasteiger partial charge in [-0.25, -0.2) is 4.79 Å². The summed E-state index contributed by atoms with van der Waals surface area (Å²) in [6.07, 6.45) is 4.52. The van der Waals surface area contributed by atoms with E-state index >= 15 is 0 Å². The van der Waals surface area contributed by atoms with Crippen molar-refractivity contribution >= 4 is 23.6 Å². The Morgan fingerprint density at radius 2 is 1.90 bits per heavy atom. The second kappa shape index (κ2) is 10.2. The van der Waals surface area contributed by atoms with Crippen LogP contribution in [0.15, 0.2) is 48.5 Å². The molecule has 1 aliphatic heterocycles. The fourth-order valence-corrected chi connectivity index (χ4v) is 3.00. The molecule has 1 atom stereocenters. The molecule has 0 saturated carbocycles. The summed E-state index contributed by atoms with van der Waals surface area (Å²) in [5.74, 6) is 0.240. The van der Waals surface area contributed by atoms with E-state index in [9.17, 15) is 19.7 Å². The lowest BCUT2D eigenvalue weighted by Gasteiger charge is -2.16. The first-order valence-corrected chi connectivity index (χ1v) is 9.73. The molecular weight excluding hydrogens is 404 g/mol. The third-order valence-electron chi connectivity index (χ3n) is 4.61. The van der Waals surface area contributed by atoms with Crippen molar-refractivity contribution in [1.29, 1.82) is 0 Å². The van der Waals surface area contributed by atoms with Crippen molar-refractivity contribution in [2.24, 2.45) is 0 Å². The van der Waals surface area contributed by atoms with Crippen LogP contribution in [0, 0.1) is 10.1 Å². The van der Waals surface area contributed by atoms with E-state index in [0.717, 1.165) is 12.8 Å². The van der Waals surface area contributed by atoms with Crippen molar-refractivity contribution in [2.75, 3.05) is 13.7 Å². The number of nitro benzene ring substituents is 1. The number of ether oxygens (including phenoxy) is 3. The molecule has 1 heterocycles. The van der Waals surface area contributed by atoms with Crippen LogP contribution < -0.4 is 14.8 Å². The van der Waals surface area contributed by atoms with Gasteiger partial charge in [0.15, 0.2) is 6.10 Å². The average molecular weight is 426 g/mol. The van der Waals surface area contributed by atoms with Gasteiger partial charge >= 0.3 is 11.7 Å². The Balaban J connectivity index is 1.71.